The van der Waals surface area contributed by atoms with Crippen molar-refractivity contribution in [2.24, 2.45) is 5.10 Å². The van der Waals surface area contributed by atoms with Crippen LogP contribution in [0.4, 0.5) is 5.82 Å². The summed E-state index contributed by atoms with van der Waals surface area (Å²) >= 11 is 0. The monoisotopic (exact) mass is 485 g/mol. The number of nitrogens with two attached hydrogens (primary N) is 1. The number of hydrogen-bond donors (Lipinski definition) is 1. The molecule has 0 saturated heterocycles. The van der Waals surface area contributed by atoms with Crippen molar-refractivity contribution in [3.05, 3.63) is 83.4 Å². The lowest BCUT2D eigenvalue weighted by Crippen LogP contribution is -2.08. The number of anilines is 1. The van der Waals surface area contributed by atoms with Gasteiger partial charge in [-0.05, 0) is 55.3 Å². The number of hydrogen-bond acceptors (Lipinski definition) is 7. The Morgan fingerprint density at radius 1 is 0.971 bits per heavy atom. The lowest BCUT2D eigenvalue weighted by Gasteiger charge is -2.09. The first kappa shape index (κ1) is 22.5. The summed E-state index contributed by atoms with van der Waals surface area (Å²) in [6.45, 7) is 3.60. The molecule has 0 unspecified atom stereocenters. The van der Waals surface area contributed by atoms with E-state index in [1.807, 2.05) is 49.4 Å². The third-order valence-electron chi connectivity index (χ3n) is 5.78. The average Bonchev–Trinajstić information content (AvgIpc) is 3.13. The number of methoxy groups -OCH3 is 1. The molecule has 0 aliphatic heterocycles. The maximum Gasteiger partial charge on any atom is 0.212 e. The molecule has 2 aromatic heterocycles. The van der Waals surface area contributed by atoms with Crippen LogP contribution in [0.25, 0.3) is 22.2 Å². The lowest BCUT2D eigenvalue weighted by atomic mass is 10.2. The van der Waals surface area contributed by atoms with Gasteiger partial charge in [-0.1, -0.05) is 36.4 Å². The fraction of sp³-hybridized carbons (Fsp3) is 0.115. The molecule has 3 aromatic carbocycles. The number of para-hydroxylation sites is 3. The van der Waals surface area contributed by atoms with Crippen LogP contribution in [0.15, 0.2) is 81.6 Å². The molecular formula is C26H23N5O3S. The van der Waals surface area contributed by atoms with Crippen LogP contribution in [0.1, 0.15) is 16.7 Å². The van der Waals surface area contributed by atoms with Crippen molar-refractivity contribution in [2.45, 2.75) is 23.6 Å². The zero-order valence-electron chi connectivity index (χ0n) is 19.4. The highest BCUT2D eigenvalue weighted by atomic mass is 32.2. The third-order valence-corrected chi connectivity index (χ3v) is 7.74. The van der Waals surface area contributed by atoms with Gasteiger partial charge in [0.15, 0.2) is 5.65 Å². The van der Waals surface area contributed by atoms with Gasteiger partial charge >= 0.3 is 0 Å². The van der Waals surface area contributed by atoms with Gasteiger partial charge in [0, 0.05) is 5.56 Å². The van der Waals surface area contributed by atoms with Crippen molar-refractivity contribution < 1.29 is 13.2 Å². The molecule has 0 bridgehead atoms. The number of nitrogen functional groups attached to an aromatic ring is 1. The van der Waals surface area contributed by atoms with E-state index in [-0.39, 0.29) is 26.8 Å². The molecule has 0 aliphatic carbocycles. The summed E-state index contributed by atoms with van der Waals surface area (Å²) in [7, 11) is -2.47. The van der Waals surface area contributed by atoms with Crippen LogP contribution in [0.5, 0.6) is 5.75 Å². The van der Waals surface area contributed by atoms with Crippen molar-refractivity contribution in [3.63, 3.8) is 0 Å². The fourth-order valence-corrected chi connectivity index (χ4v) is 5.81. The first-order valence-corrected chi connectivity index (χ1v) is 12.4. The largest absolute Gasteiger partial charge is 0.496 e. The Morgan fingerprint density at radius 3 is 2.40 bits per heavy atom. The molecular weight excluding hydrogens is 462 g/mol. The molecule has 9 heteroatoms. The topological polar surface area (TPSA) is 112 Å². The minimum absolute atomic E-state index is 0.0673. The molecule has 0 aliphatic rings. The number of nitrogens with zero attached hydrogens (tertiary/aromatic N) is 4. The van der Waals surface area contributed by atoms with Crippen molar-refractivity contribution in [2.75, 3.05) is 12.8 Å². The van der Waals surface area contributed by atoms with Crippen molar-refractivity contribution in [1.82, 2.24) is 14.6 Å². The van der Waals surface area contributed by atoms with Gasteiger partial charge in [-0.25, -0.2) is 18.4 Å². The number of aryl methyl sites for hydroxylation is 2. The number of benzene rings is 3. The van der Waals surface area contributed by atoms with Crippen molar-refractivity contribution >= 4 is 44.1 Å². The fourth-order valence-electron chi connectivity index (χ4n) is 4.00. The highest BCUT2D eigenvalue weighted by molar-refractivity contribution is 7.92. The number of rotatable bonds is 5. The summed E-state index contributed by atoms with van der Waals surface area (Å²) in [6.07, 6.45) is 1.56. The van der Waals surface area contributed by atoms with Crippen molar-refractivity contribution in [3.8, 4) is 5.75 Å². The van der Waals surface area contributed by atoms with E-state index in [1.165, 1.54) is 4.68 Å². The summed E-state index contributed by atoms with van der Waals surface area (Å²) in [5, 5.41) is 4.51. The SMILES string of the molecule is COc1ccccc1C=Nn1c(N)c(S(=O)(=O)c2cc(C)ccc2C)c2nc3ccccc3nc21. The summed E-state index contributed by atoms with van der Waals surface area (Å²) in [6, 6.07) is 19.9. The van der Waals surface area contributed by atoms with Crippen molar-refractivity contribution in [1.29, 1.82) is 0 Å². The van der Waals surface area contributed by atoms with Crippen LogP contribution in [-0.4, -0.2) is 36.4 Å². The Labute approximate surface area is 202 Å². The number of ether oxygens (including phenoxy) is 1. The van der Waals surface area contributed by atoms with Crippen LogP contribution in [-0.2, 0) is 9.84 Å². The first-order chi connectivity index (χ1) is 16.8. The van der Waals surface area contributed by atoms with Crippen LogP contribution in [0.2, 0.25) is 0 Å². The zero-order chi connectivity index (χ0) is 24.7. The van der Waals surface area contributed by atoms with Gasteiger partial charge in [-0.3, -0.25) is 0 Å². The quantitative estimate of drug-likeness (QED) is 0.367. The molecule has 0 radical (unpaired) electrons. The Hall–Kier alpha value is -4.24. The molecule has 2 N–H and O–H groups in total. The third kappa shape index (κ3) is 3.79. The second-order valence-corrected chi connectivity index (χ2v) is 10.0. The molecule has 0 fully saturated rings. The standard InChI is InChI=1S/C26H23N5O3S/c1-16-12-13-17(2)22(14-16)35(32,33)24-23-26(30-20-10-6-5-9-19(20)29-23)31(25(24)27)28-15-18-8-4-7-11-21(18)34-3/h4-15H,27H2,1-3H3. The molecule has 0 spiro atoms. The molecule has 35 heavy (non-hydrogen) atoms. The Balaban J connectivity index is 1.82. The summed E-state index contributed by atoms with van der Waals surface area (Å²) in [5.41, 5.74) is 10.2. The molecule has 2 heterocycles. The Morgan fingerprint density at radius 2 is 1.66 bits per heavy atom. The maximum atomic E-state index is 13.9. The van der Waals surface area contributed by atoms with E-state index in [0.29, 0.717) is 27.9 Å². The molecule has 5 aromatic rings. The van der Waals surface area contributed by atoms with Crippen LogP contribution in [0.3, 0.4) is 0 Å². The summed E-state index contributed by atoms with van der Waals surface area (Å²) in [5.74, 6) is 0.549. The van der Waals surface area contributed by atoms with Gasteiger partial charge < -0.3 is 10.5 Å². The molecule has 5 rings (SSSR count). The number of fused-ring (bicyclic) bond motifs is 2. The van der Waals surface area contributed by atoms with E-state index in [4.69, 9.17) is 10.5 Å². The average molecular weight is 486 g/mol. The molecule has 8 nitrogen and oxygen atoms in total. The predicted octanol–water partition coefficient (Wildman–Crippen LogP) is 4.51. The maximum absolute atomic E-state index is 13.9. The molecule has 176 valence electrons. The smallest absolute Gasteiger partial charge is 0.212 e. The second-order valence-electron chi connectivity index (χ2n) is 8.17. The highest BCUT2D eigenvalue weighted by Crippen LogP contribution is 2.36. The number of aromatic nitrogens is 3. The van der Waals surface area contributed by atoms with Gasteiger partial charge in [-0.15, -0.1) is 0 Å². The van der Waals surface area contributed by atoms with Gasteiger partial charge in [0.2, 0.25) is 9.84 Å². The van der Waals surface area contributed by atoms with Gasteiger partial charge in [0.1, 0.15) is 22.0 Å². The van der Waals surface area contributed by atoms with E-state index in [9.17, 15) is 8.42 Å². The second kappa shape index (κ2) is 8.52. The number of sulfone groups is 1. The predicted molar refractivity (Wildman–Crippen MR) is 137 cm³/mol. The summed E-state index contributed by atoms with van der Waals surface area (Å²) in [4.78, 5) is 9.38. The minimum Gasteiger partial charge on any atom is -0.496 e. The lowest BCUT2D eigenvalue weighted by molar-refractivity contribution is 0.414. The normalized spacial score (nSPS) is 12.1. The summed E-state index contributed by atoms with van der Waals surface area (Å²) < 4.78 is 34.6. The van der Waals surface area contributed by atoms with Crippen LogP contribution >= 0.6 is 0 Å². The van der Waals surface area contributed by atoms with Gasteiger partial charge in [0.25, 0.3) is 0 Å². The van der Waals surface area contributed by atoms with Gasteiger partial charge in [0.05, 0.1) is 29.3 Å². The molecule has 0 saturated carbocycles. The molecule has 0 atom stereocenters. The first-order valence-electron chi connectivity index (χ1n) is 10.9. The Bertz CT molecular complexity index is 1740. The van der Waals surface area contributed by atoms with E-state index in [2.05, 4.69) is 15.1 Å². The zero-order valence-corrected chi connectivity index (χ0v) is 20.2. The van der Waals surface area contributed by atoms with E-state index in [0.717, 1.165) is 5.56 Å². The van der Waals surface area contributed by atoms with Gasteiger partial charge in [-0.2, -0.15) is 9.78 Å². The van der Waals surface area contributed by atoms with Crippen LogP contribution in [0, 0.1) is 13.8 Å². The molecule has 0 amide bonds. The van der Waals surface area contributed by atoms with E-state index < -0.39 is 9.84 Å². The van der Waals surface area contributed by atoms with E-state index in [1.54, 1.807) is 44.5 Å². The van der Waals surface area contributed by atoms with Crippen LogP contribution < -0.4 is 10.5 Å². The Kier molecular flexibility index (Phi) is 5.49. The minimum atomic E-state index is -4.04. The highest BCUT2D eigenvalue weighted by Gasteiger charge is 2.31. The van der Waals surface area contributed by atoms with E-state index >= 15 is 0 Å².